The first kappa shape index (κ1) is 14.2. The molecule has 2 atom stereocenters. The lowest BCUT2D eigenvalue weighted by atomic mass is 9.82. The third kappa shape index (κ3) is 4.13. The first-order valence-corrected chi connectivity index (χ1v) is 7.26. The Morgan fingerprint density at radius 3 is 2.89 bits per heavy atom. The van der Waals surface area contributed by atoms with Gasteiger partial charge in [0, 0.05) is 22.8 Å². The number of hydrogen-bond donors (Lipinski definition) is 2. The van der Waals surface area contributed by atoms with Crippen molar-refractivity contribution in [1.29, 1.82) is 0 Å². The smallest absolute Gasteiger partial charge is 0.251 e. The minimum atomic E-state index is -0.0903. The minimum Gasteiger partial charge on any atom is -0.399 e. The maximum absolute atomic E-state index is 12.0. The number of carbonyl (C=O) groups excluding carboxylic acids is 1. The fraction of sp³-hybridized carbons (Fsp3) is 0.533. The van der Waals surface area contributed by atoms with Crippen molar-refractivity contribution in [3.8, 4) is 0 Å². The van der Waals surface area contributed by atoms with Crippen molar-refractivity contribution in [2.45, 2.75) is 32.6 Å². The fourth-order valence-corrected chi connectivity index (χ4v) is 3.07. The molecule has 1 aromatic carbocycles. The Balaban J connectivity index is 1.90. The molecule has 1 amide bonds. The number of nitrogen functional groups attached to an aromatic ring is 1. The summed E-state index contributed by atoms with van der Waals surface area (Å²) in [5, 5.41) is 3.49. The van der Waals surface area contributed by atoms with Crippen molar-refractivity contribution in [3.05, 3.63) is 28.8 Å². The zero-order valence-corrected chi connectivity index (χ0v) is 12.0. The normalized spacial score (nSPS) is 23.1. The number of nitrogens with one attached hydrogen (secondary N) is 1. The van der Waals surface area contributed by atoms with E-state index in [0.29, 0.717) is 22.2 Å². The maximum Gasteiger partial charge on any atom is 0.251 e. The number of amides is 1. The molecule has 0 aliphatic heterocycles. The summed E-state index contributed by atoms with van der Waals surface area (Å²) in [5.74, 6) is 1.29. The summed E-state index contributed by atoms with van der Waals surface area (Å²) in [6, 6.07) is 4.95. The Kier molecular flexibility index (Phi) is 4.70. The minimum absolute atomic E-state index is 0.0903. The van der Waals surface area contributed by atoms with Crippen LogP contribution in [0.3, 0.4) is 0 Å². The largest absolute Gasteiger partial charge is 0.399 e. The van der Waals surface area contributed by atoms with Gasteiger partial charge in [-0.3, -0.25) is 4.79 Å². The zero-order valence-electron chi connectivity index (χ0n) is 11.3. The van der Waals surface area contributed by atoms with Crippen LogP contribution < -0.4 is 11.1 Å². The molecule has 1 saturated carbocycles. The summed E-state index contributed by atoms with van der Waals surface area (Å²) in [7, 11) is 0. The number of benzene rings is 1. The van der Waals surface area contributed by atoms with Crippen LogP contribution in [0.5, 0.6) is 0 Å². The molecule has 1 aliphatic carbocycles. The molecule has 0 heterocycles. The van der Waals surface area contributed by atoms with Crippen LogP contribution in [-0.4, -0.2) is 12.5 Å². The standard InChI is InChI=1S/C15H21ClN2O/c1-10-3-2-4-11(5-10)9-18-15(19)12-6-13(16)8-14(17)7-12/h6-8,10-11H,2-5,9,17H2,1H3,(H,18,19). The Morgan fingerprint density at radius 2 is 2.21 bits per heavy atom. The van der Waals surface area contributed by atoms with Crippen molar-refractivity contribution in [1.82, 2.24) is 5.32 Å². The highest BCUT2D eigenvalue weighted by atomic mass is 35.5. The Bertz CT molecular complexity index is 441. The van der Waals surface area contributed by atoms with Gasteiger partial charge >= 0.3 is 0 Å². The lowest BCUT2D eigenvalue weighted by molar-refractivity contribution is 0.0940. The van der Waals surface area contributed by atoms with Crippen LogP contribution >= 0.6 is 11.6 Å². The highest BCUT2D eigenvalue weighted by Crippen LogP contribution is 2.28. The lowest BCUT2D eigenvalue weighted by Crippen LogP contribution is -2.31. The maximum atomic E-state index is 12.0. The predicted molar refractivity (Wildman–Crippen MR) is 79.3 cm³/mol. The Hall–Kier alpha value is -1.22. The Morgan fingerprint density at radius 1 is 1.42 bits per heavy atom. The van der Waals surface area contributed by atoms with Crippen LogP contribution in [0.2, 0.25) is 5.02 Å². The van der Waals surface area contributed by atoms with Gasteiger partial charge in [-0.15, -0.1) is 0 Å². The van der Waals surface area contributed by atoms with E-state index in [1.807, 2.05) is 0 Å². The molecule has 19 heavy (non-hydrogen) atoms. The molecular weight excluding hydrogens is 260 g/mol. The van der Waals surface area contributed by atoms with Gasteiger partial charge in [0.15, 0.2) is 0 Å². The van der Waals surface area contributed by atoms with Gasteiger partial charge in [-0.1, -0.05) is 31.4 Å². The van der Waals surface area contributed by atoms with Crippen LogP contribution in [0.1, 0.15) is 43.0 Å². The topological polar surface area (TPSA) is 55.1 Å². The van der Waals surface area contributed by atoms with E-state index >= 15 is 0 Å². The molecule has 3 nitrogen and oxygen atoms in total. The molecule has 2 rings (SSSR count). The number of rotatable bonds is 3. The summed E-state index contributed by atoms with van der Waals surface area (Å²) in [4.78, 5) is 12.0. The van der Waals surface area contributed by atoms with E-state index in [4.69, 9.17) is 17.3 Å². The van der Waals surface area contributed by atoms with E-state index in [2.05, 4.69) is 12.2 Å². The third-order valence-corrected chi connectivity index (χ3v) is 4.00. The number of carbonyl (C=O) groups is 1. The van der Waals surface area contributed by atoms with Crippen molar-refractivity contribution in [2.75, 3.05) is 12.3 Å². The lowest BCUT2D eigenvalue weighted by Gasteiger charge is -2.26. The van der Waals surface area contributed by atoms with Gasteiger partial charge in [0.2, 0.25) is 0 Å². The average Bonchev–Trinajstić information content (AvgIpc) is 2.35. The third-order valence-electron chi connectivity index (χ3n) is 3.78. The van der Waals surface area contributed by atoms with E-state index < -0.39 is 0 Å². The second-order valence-electron chi connectivity index (χ2n) is 5.62. The summed E-state index contributed by atoms with van der Waals surface area (Å²) in [5.41, 5.74) is 6.74. The SMILES string of the molecule is CC1CCCC(CNC(=O)c2cc(N)cc(Cl)c2)C1. The van der Waals surface area contributed by atoms with Crippen LogP contribution in [-0.2, 0) is 0 Å². The van der Waals surface area contributed by atoms with Crippen LogP contribution in [0, 0.1) is 11.8 Å². The van der Waals surface area contributed by atoms with E-state index in [1.54, 1.807) is 18.2 Å². The predicted octanol–water partition coefficient (Wildman–Crippen LogP) is 3.48. The number of anilines is 1. The van der Waals surface area contributed by atoms with E-state index in [1.165, 1.54) is 25.7 Å². The first-order chi connectivity index (χ1) is 9.04. The molecule has 1 aliphatic rings. The van der Waals surface area contributed by atoms with Crippen molar-refractivity contribution in [3.63, 3.8) is 0 Å². The van der Waals surface area contributed by atoms with E-state index in [0.717, 1.165) is 12.5 Å². The van der Waals surface area contributed by atoms with Gasteiger partial charge in [0.05, 0.1) is 0 Å². The molecule has 3 N–H and O–H groups in total. The quantitative estimate of drug-likeness (QED) is 0.833. The molecule has 1 aromatic rings. The monoisotopic (exact) mass is 280 g/mol. The highest BCUT2D eigenvalue weighted by Gasteiger charge is 2.19. The molecule has 2 unspecified atom stereocenters. The Labute approximate surface area is 119 Å². The van der Waals surface area contributed by atoms with Crippen LogP contribution in [0.4, 0.5) is 5.69 Å². The summed E-state index contributed by atoms with van der Waals surface area (Å²) < 4.78 is 0. The molecular formula is C15H21ClN2O. The van der Waals surface area contributed by atoms with Gasteiger partial charge in [-0.2, -0.15) is 0 Å². The number of halogens is 1. The molecule has 0 aromatic heterocycles. The van der Waals surface area contributed by atoms with E-state index in [-0.39, 0.29) is 5.91 Å². The molecule has 0 bridgehead atoms. The fourth-order valence-electron chi connectivity index (χ4n) is 2.83. The second-order valence-corrected chi connectivity index (χ2v) is 6.06. The number of hydrogen-bond acceptors (Lipinski definition) is 2. The second kappa shape index (κ2) is 6.29. The number of nitrogens with two attached hydrogens (primary N) is 1. The highest BCUT2D eigenvalue weighted by molar-refractivity contribution is 6.31. The summed E-state index contributed by atoms with van der Waals surface area (Å²) in [6.45, 7) is 3.03. The van der Waals surface area contributed by atoms with Gasteiger partial charge in [-0.25, -0.2) is 0 Å². The zero-order chi connectivity index (χ0) is 13.8. The average molecular weight is 281 g/mol. The van der Waals surface area contributed by atoms with Gasteiger partial charge in [-0.05, 0) is 42.9 Å². The van der Waals surface area contributed by atoms with Crippen molar-refractivity contribution < 1.29 is 4.79 Å². The summed E-state index contributed by atoms with van der Waals surface area (Å²) >= 11 is 5.90. The van der Waals surface area contributed by atoms with Crippen LogP contribution in [0.15, 0.2) is 18.2 Å². The first-order valence-electron chi connectivity index (χ1n) is 6.89. The van der Waals surface area contributed by atoms with Crippen molar-refractivity contribution >= 4 is 23.2 Å². The molecule has 0 spiro atoms. The van der Waals surface area contributed by atoms with E-state index in [9.17, 15) is 4.79 Å². The van der Waals surface area contributed by atoms with Crippen molar-refractivity contribution in [2.24, 2.45) is 11.8 Å². The molecule has 0 radical (unpaired) electrons. The van der Waals surface area contributed by atoms with Gasteiger partial charge in [0.25, 0.3) is 5.91 Å². The molecule has 1 fully saturated rings. The molecule has 104 valence electrons. The summed E-state index contributed by atoms with van der Waals surface area (Å²) in [6.07, 6.45) is 5.00. The van der Waals surface area contributed by atoms with Crippen LogP contribution in [0.25, 0.3) is 0 Å². The molecule has 0 saturated heterocycles. The molecule has 4 heteroatoms. The van der Waals surface area contributed by atoms with Gasteiger partial charge < -0.3 is 11.1 Å². The van der Waals surface area contributed by atoms with Gasteiger partial charge in [0.1, 0.15) is 0 Å².